The van der Waals surface area contributed by atoms with E-state index in [0.717, 1.165) is 22.3 Å². The molecule has 2 aliphatic rings. The van der Waals surface area contributed by atoms with Gasteiger partial charge in [0.2, 0.25) is 5.91 Å². The molecule has 0 aliphatic heterocycles. The van der Waals surface area contributed by atoms with E-state index in [1.807, 2.05) is 48.5 Å². The van der Waals surface area contributed by atoms with E-state index >= 15 is 0 Å². The van der Waals surface area contributed by atoms with Crippen LogP contribution in [-0.4, -0.2) is 47.7 Å². The lowest BCUT2D eigenvalue weighted by atomic mass is 9.98. The van der Waals surface area contributed by atoms with Crippen LogP contribution in [0.5, 0.6) is 0 Å². The summed E-state index contributed by atoms with van der Waals surface area (Å²) in [5.41, 5.74) is 4.21. The summed E-state index contributed by atoms with van der Waals surface area (Å²) in [6.45, 7) is 1.65. The normalized spacial score (nSPS) is 16.7. The highest BCUT2D eigenvalue weighted by Gasteiger charge is 2.55. The van der Waals surface area contributed by atoms with E-state index in [9.17, 15) is 23.2 Å². The van der Waals surface area contributed by atoms with Gasteiger partial charge in [-0.15, -0.1) is 0 Å². The number of alkyl halides is 2. The van der Waals surface area contributed by atoms with Crippen molar-refractivity contribution < 1.29 is 33.0 Å². The van der Waals surface area contributed by atoms with Crippen molar-refractivity contribution in [3.63, 3.8) is 0 Å². The van der Waals surface area contributed by atoms with Gasteiger partial charge in [0.1, 0.15) is 18.7 Å². The summed E-state index contributed by atoms with van der Waals surface area (Å²) in [6.07, 6.45) is 0.0813. The quantitative estimate of drug-likeness (QED) is 0.513. The number of carbonyl (C=O) groups is 3. The first-order chi connectivity index (χ1) is 16.2. The predicted octanol–water partition coefficient (Wildman–Crippen LogP) is 3.92. The molecule has 34 heavy (non-hydrogen) atoms. The zero-order valence-corrected chi connectivity index (χ0v) is 18.6. The van der Waals surface area contributed by atoms with Crippen molar-refractivity contribution in [2.75, 3.05) is 6.61 Å². The molecule has 3 N–H and O–H groups in total. The number of hydrogen-bond donors (Lipinski definition) is 3. The summed E-state index contributed by atoms with van der Waals surface area (Å²) < 4.78 is 33.6. The van der Waals surface area contributed by atoms with Crippen LogP contribution >= 0.6 is 0 Å². The minimum Gasteiger partial charge on any atom is -0.477 e. The Hall–Kier alpha value is -3.49. The Morgan fingerprint density at radius 2 is 1.59 bits per heavy atom. The molecule has 0 saturated heterocycles. The lowest BCUT2D eigenvalue weighted by Gasteiger charge is -2.26. The number of alkyl carbamates (subject to hydrolysis) is 1. The van der Waals surface area contributed by atoms with Gasteiger partial charge >= 0.3 is 18.0 Å². The van der Waals surface area contributed by atoms with Gasteiger partial charge in [-0.05, 0) is 47.4 Å². The van der Waals surface area contributed by atoms with E-state index in [1.165, 1.54) is 0 Å². The maximum atomic E-state index is 14.1. The van der Waals surface area contributed by atoms with Gasteiger partial charge in [-0.25, -0.2) is 9.59 Å². The molecule has 0 radical (unpaired) electrons. The van der Waals surface area contributed by atoms with Gasteiger partial charge in [-0.2, -0.15) is 8.78 Å². The van der Waals surface area contributed by atoms with Crippen LogP contribution in [-0.2, 0) is 14.3 Å². The van der Waals surface area contributed by atoms with Gasteiger partial charge in [-0.3, -0.25) is 4.79 Å². The molecule has 0 spiro atoms. The molecule has 0 bridgehead atoms. The molecule has 1 saturated carbocycles. The average molecular weight is 472 g/mol. The molecule has 4 rings (SSSR count). The number of rotatable bonds is 9. The Balaban J connectivity index is 1.38. The summed E-state index contributed by atoms with van der Waals surface area (Å²) >= 11 is 0. The van der Waals surface area contributed by atoms with Crippen molar-refractivity contribution in [3.05, 3.63) is 59.7 Å². The number of amides is 2. The van der Waals surface area contributed by atoms with Crippen LogP contribution in [0.25, 0.3) is 11.1 Å². The first kappa shape index (κ1) is 23.7. The van der Waals surface area contributed by atoms with Crippen molar-refractivity contribution in [3.8, 4) is 11.1 Å². The minimum absolute atomic E-state index is 0.0414. The summed E-state index contributed by atoms with van der Waals surface area (Å²) in [5, 5.41) is 13.4. The van der Waals surface area contributed by atoms with Crippen LogP contribution in [0, 0.1) is 5.92 Å². The molecule has 2 amide bonds. The Kier molecular flexibility index (Phi) is 6.54. The third kappa shape index (κ3) is 4.60. The number of halogens is 2. The van der Waals surface area contributed by atoms with Crippen molar-refractivity contribution >= 4 is 18.0 Å². The highest BCUT2D eigenvalue weighted by atomic mass is 19.3. The van der Waals surface area contributed by atoms with Gasteiger partial charge in [0.05, 0.1) is 0 Å². The monoisotopic (exact) mass is 472 g/mol. The Bertz CT molecular complexity index is 1060. The minimum atomic E-state index is -4.10. The second-order valence-corrected chi connectivity index (χ2v) is 8.68. The van der Waals surface area contributed by atoms with Crippen molar-refractivity contribution in [1.82, 2.24) is 10.6 Å². The maximum absolute atomic E-state index is 14.1. The summed E-state index contributed by atoms with van der Waals surface area (Å²) in [4.78, 5) is 36.1. The highest BCUT2D eigenvalue weighted by Crippen LogP contribution is 2.44. The fourth-order valence-corrected chi connectivity index (χ4v) is 4.46. The fourth-order valence-electron chi connectivity index (χ4n) is 4.46. The topological polar surface area (TPSA) is 105 Å². The summed E-state index contributed by atoms with van der Waals surface area (Å²) in [7, 11) is 0. The van der Waals surface area contributed by atoms with E-state index in [1.54, 1.807) is 6.92 Å². The van der Waals surface area contributed by atoms with Crippen LogP contribution in [0.3, 0.4) is 0 Å². The molecule has 0 heterocycles. The number of nitrogens with one attached hydrogen (secondary N) is 2. The zero-order valence-electron chi connectivity index (χ0n) is 18.6. The van der Waals surface area contributed by atoms with E-state index in [-0.39, 0.29) is 18.9 Å². The average Bonchev–Trinajstić information content (AvgIpc) is 3.61. The molecule has 7 nitrogen and oxygen atoms in total. The third-order valence-electron chi connectivity index (χ3n) is 6.43. The molecule has 2 atom stereocenters. The number of aliphatic carboxylic acids is 1. The van der Waals surface area contributed by atoms with Gasteiger partial charge in [-0.1, -0.05) is 55.5 Å². The van der Waals surface area contributed by atoms with E-state index in [0.29, 0.717) is 12.8 Å². The lowest BCUT2D eigenvalue weighted by Crippen LogP contribution is -2.57. The number of fused-ring (bicyclic) bond motifs is 3. The molecular weight excluding hydrogens is 446 g/mol. The molecule has 1 fully saturated rings. The van der Waals surface area contributed by atoms with Gasteiger partial charge in [0.15, 0.2) is 0 Å². The maximum Gasteiger partial charge on any atom is 0.407 e. The van der Waals surface area contributed by atoms with Crippen LogP contribution in [0.2, 0.25) is 0 Å². The molecule has 2 aromatic rings. The standard InChI is InChI=1S/C25H26F2N2O5/c1-2-20(22(30)29-21(14-11-12-14)25(26,27)23(31)32)28-24(33)34-13-19-17-9-5-3-7-15(17)16-8-4-6-10-18(16)19/h3-10,14,19-21H,2,11-13H2,1H3,(H,28,33)(H,29,30)(H,31,32). The second kappa shape index (κ2) is 9.40. The first-order valence-electron chi connectivity index (χ1n) is 11.3. The fraction of sp³-hybridized carbons (Fsp3) is 0.400. The Morgan fingerprint density at radius 1 is 1.03 bits per heavy atom. The first-order valence-corrected chi connectivity index (χ1v) is 11.3. The van der Waals surface area contributed by atoms with Crippen molar-refractivity contribution in [2.24, 2.45) is 5.92 Å². The predicted molar refractivity (Wildman–Crippen MR) is 120 cm³/mol. The number of hydrogen-bond acceptors (Lipinski definition) is 4. The third-order valence-corrected chi connectivity index (χ3v) is 6.43. The zero-order chi connectivity index (χ0) is 24.5. The summed E-state index contributed by atoms with van der Waals surface area (Å²) in [5.74, 6) is -8.03. The smallest absolute Gasteiger partial charge is 0.407 e. The number of ether oxygens (including phenoxy) is 1. The van der Waals surface area contributed by atoms with Gasteiger partial charge in [0.25, 0.3) is 0 Å². The number of carbonyl (C=O) groups excluding carboxylic acids is 2. The van der Waals surface area contributed by atoms with Crippen LogP contribution in [0.15, 0.2) is 48.5 Å². The molecule has 2 aromatic carbocycles. The number of carboxylic acid groups (broad SMARTS) is 1. The van der Waals surface area contributed by atoms with E-state index in [2.05, 4.69) is 10.6 Å². The molecule has 2 aliphatic carbocycles. The Labute approximate surface area is 195 Å². The highest BCUT2D eigenvalue weighted by molar-refractivity contribution is 5.87. The molecule has 180 valence electrons. The van der Waals surface area contributed by atoms with Crippen molar-refractivity contribution in [2.45, 2.75) is 50.1 Å². The molecular formula is C25H26F2N2O5. The van der Waals surface area contributed by atoms with Crippen LogP contribution in [0.1, 0.15) is 43.2 Å². The SMILES string of the molecule is CCC(NC(=O)OCC1c2ccccc2-c2ccccc21)C(=O)NC(C1CC1)C(F)(F)C(=O)O. The Morgan fingerprint density at radius 3 is 2.09 bits per heavy atom. The van der Waals surface area contributed by atoms with Gasteiger partial charge < -0.3 is 20.5 Å². The lowest BCUT2D eigenvalue weighted by molar-refractivity contribution is -0.171. The molecule has 0 aromatic heterocycles. The van der Waals surface area contributed by atoms with Crippen LogP contribution in [0.4, 0.5) is 13.6 Å². The number of carboxylic acids is 1. The van der Waals surface area contributed by atoms with Gasteiger partial charge in [0, 0.05) is 5.92 Å². The van der Waals surface area contributed by atoms with E-state index in [4.69, 9.17) is 9.84 Å². The largest absolute Gasteiger partial charge is 0.477 e. The van der Waals surface area contributed by atoms with Crippen molar-refractivity contribution in [1.29, 1.82) is 0 Å². The second-order valence-electron chi connectivity index (χ2n) is 8.68. The number of benzene rings is 2. The van der Waals surface area contributed by atoms with Crippen LogP contribution < -0.4 is 10.6 Å². The molecule has 2 unspecified atom stereocenters. The molecule has 9 heteroatoms. The van der Waals surface area contributed by atoms with E-state index < -0.39 is 41.9 Å². The summed E-state index contributed by atoms with van der Waals surface area (Å²) in [6, 6.07) is 12.7.